The van der Waals surface area contributed by atoms with Gasteiger partial charge >= 0.3 is 6.09 Å². The zero-order chi connectivity index (χ0) is 19.1. The normalized spacial score (nSPS) is 14.8. The Morgan fingerprint density at radius 3 is 2.52 bits per heavy atom. The standard InChI is InChI=1S/C19H25N5O3/c1-27-19(26)24-12-10-22(11-13-24)9-7-21-18(25)17-4-2-16(3-5-17)14-23-8-6-20-15-23/h2-6,8,15H,7,9-14H2,1H3,(H,21,25). The topological polar surface area (TPSA) is 79.7 Å². The Hall–Kier alpha value is -2.87. The number of nitrogens with one attached hydrogen (secondary N) is 1. The molecule has 0 spiro atoms. The van der Waals surface area contributed by atoms with Crippen molar-refractivity contribution in [3.8, 4) is 0 Å². The van der Waals surface area contributed by atoms with Crippen molar-refractivity contribution in [2.24, 2.45) is 0 Å². The van der Waals surface area contributed by atoms with Crippen LogP contribution in [0.2, 0.25) is 0 Å². The van der Waals surface area contributed by atoms with Crippen LogP contribution in [0.1, 0.15) is 15.9 Å². The molecular weight excluding hydrogens is 346 g/mol. The molecule has 2 aromatic rings. The van der Waals surface area contributed by atoms with Crippen molar-refractivity contribution < 1.29 is 14.3 Å². The zero-order valence-corrected chi connectivity index (χ0v) is 15.5. The molecule has 0 atom stereocenters. The van der Waals surface area contributed by atoms with E-state index < -0.39 is 0 Å². The second-order valence-corrected chi connectivity index (χ2v) is 6.49. The molecule has 0 saturated carbocycles. The van der Waals surface area contributed by atoms with Crippen LogP contribution in [0.5, 0.6) is 0 Å². The maximum atomic E-state index is 12.3. The maximum absolute atomic E-state index is 12.3. The van der Waals surface area contributed by atoms with Gasteiger partial charge in [-0.3, -0.25) is 9.69 Å². The number of benzene rings is 1. The van der Waals surface area contributed by atoms with E-state index in [4.69, 9.17) is 4.74 Å². The second kappa shape index (κ2) is 9.18. The predicted molar refractivity (Wildman–Crippen MR) is 101 cm³/mol. The van der Waals surface area contributed by atoms with E-state index >= 15 is 0 Å². The molecule has 2 heterocycles. The highest BCUT2D eigenvalue weighted by atomic mass is 16.5. The minimum atomic E-state index is -0.278. The fourth-order valence-electron chi connectivity index (χ4n) is 3.07. The predicted octanol–water partition coefficient (Wildman–Crippen LogP) is 1.05. The summed E-state index contributed by atoms with van der Waals surface area (Å²) in [5.41, 5.74) is 1.77. The molecule has 1 aliphatic heterocycles. The largest absolute Gasteiger partial charge is 0.453 e. The number of carbonyl (C=O) groups is 2. The molecule has 0 radical (unpaired) electrons. The molecule has 0 unspecified atom stereocenters. The third-order valence-electron chi connectivity index (χ3n) is 4.66. The Kier molecular flexibility index (Phi) is 6.43. The number of rotatable bonds is 6. The number of hydrogen-bond donors (Lipinski definition) is 1. The molecule has 8 nitrogen and oxygen atoms in total. The van der Waals surface area contributed by atoms with Crippen molar-refractivity contribution in [1.29, 1.82) is 0 Å². The lowest BCUT2D eigenvalue weighted by Gasteiger charge is -2.33. The highest BCUT2D eigenvalue weighted by Crippen LogP contribution is 2.07. The van der Waals surface area contributed by atoms with Gasteiger partial charge in [0.15, 0.2) is 0 Å². The Morgan fingerprint density at radius 2 is 1.89 bits per heavy atom. The molecule has 8 heteroatoms. The van der Waals surface area contributed by atoms with E-state index in [9.17, 15) is 9.59 Å². The fourth-order valence-corrected chi connectivity index (χ4v) is 3.07. The number of carbonyl (C=O) groups excluding carboxylic acids is 2. The first-order valence-electron chi connectivity index (χ1n) is 9.04. The number of methoxy groups -OCH3 is 1. The Balaban J connectivity index is 1.39. The van der Waals surface area contributed by atoms with Crippen molar-refractivity contribution in [3.63, 3.8) is 0 Å². The molecule has 1 saturated heterocycles. The average Bonchev–Trinajstić information content (AvgIpc) is 3.21. The lowest BCUT2D eigenvalue weighted by molar-refractivity contribution is 0.0885. The first-order valence-corrected chi connectivity index (χ1v) is 9.04. The Morgan fingerprint density at radius 1 is 1.15 bits per heavy atom. The van der Waals surface area contributed by atoms with Gasteiger partial charge in [-0.05, 0) is 17.7 Å². The Bertz CT molecular complexity index is 737. The summed E-state index contributed by atoms with van der Waals surface area (Å²) in [5, 5.41) is 2.96. The first-order chi connectivity index (χ1) is 13.2. The van der Waals surface area contributed by atoms with E-state index in [2.05, 4.69) is 15.2 Å². The van der Waals surface area contributed by atoms with Crippen LogP contribution in [-0.2, 0) is 11.3 Å². The van der Waals surface area contributed by atoms with Crippen LogP contribution < -0.4 is 5.32 Å². The summed E-state index contributed by atoms with van der Waals surface area (Å²) >= 11 is 0. The highest BCUT2D eigenvalue weighted by Gasteiger charge is 2.21. The van der Waals surface area contributed by atoms with E-state index in [0.29, 0.717) is 25.2 Å². The summed E-state index contributed by atoms with van der Waals surface area (Å²) in [6.07, 6.45) is 5.15. The monoisotopic (exact) mass is 371 g/mol. The van der Waals surface area contributed by atoms with Crippen LogP contribution in [0, 0.1) is 0 Å². The summed E-state index contributed by atoms with van der Waals surface area (Å²) in [4.78, 5) is 31.7. The van der Waals surface area contributed by atoms with Crippen molar-refractivity contribution in [1.82, 2.24) is 24.7 Å². The number of nitrogens with zero attached hydrogens (tertiary/aromatic N) is 4. The van der Waals surface area contributed by atoms with Gasteiger partial charge in [0, 0.05) is 63.8 Å². The molecule has 144 valence electrons. The maximum Gasteiger partial charge on any atom is 0.409 e. The van der Waals surface area contributed by atoms with Crippen LogP contribution >= 0.6 is 0 Å². The van der Waals surface area contributed by atoms with Crippen LogP contribution in [0.25, 0.3) is 0 Å². The van der Waals surface area contributed by atoms with E-state index in [1.807, 2.05) is 35.0 Å². The number of ether oxygens (including phenoxy) is 1. The SMILES string of the molecule is COC(=O)N1CCN(CCNC(=O)c2ccc(Cn3ccnc3)cc2)CC1. The second-order valence-electron chi connectivity index (χ2n) is 6.49. The number of hydrogen-bond acceptors (Lipinski definition) is 5. The number of amides is 2. The van der Waals surface area contributed by atoms with Crippen LogP contribution in [0.4, 0.5) is 4.79 Å². The molecule has 1 aromatic carbocycles. The summed E-state index contributed by atoms with van der Waals surface area (Å²) in [5.74, 6) is -0.0719. The third-order valence-corrected chi connectivity index (χ3v) is 4.66. The molecule has 0 aliphatic carbocycles. The summed E-state index contributed by atoms with van der Waals surface area (Å²) in [6, 6.07) is 7.61. The van der Waals surface area contributed by atoms with Gasteiger partial charge in [-0.25, -0.2) is 9.78 Å². The summed E-state index contributed by atoms with van der Waals surface area (Å²) in [6.45, 7) is 4.95. The van der Waals surface area contributed by atoms with E-state index in [1.54, 1.807) is 17.4 Å². The smallest absolute Gasteiger partial charge is 0.409 e. The van der Waals surface area contributed by atoms with Gasteiger partial charge in [-0.1, -0.05) is 12.1 Å². The summed E-state index contributed by atoms with van der Waals surface area (Å²) < 4.78 is 6.71. The number of piperazine rings is 1. The molecule has 0 bridgehead atoms. The van der Waals surface area contributed by atoms with Crippen molar-refractivity contribution in [2.45, 2.75) is 6.54 Å². The zero-order valence-electron chi connectivity index (χ0n) is 15.5. The highest BCUT2D eigenvalue weighted by molar-refractivity contribution is 5.94. The number of aromatic nitrogens is 2. The van der Waals surface area contributed by atoms with Gasteiger partial charge in [0.05, 0.1) is 13.4 Å². The quantitative estimate of drug-likeness (QED) is 0.821. The Labute approximate surface area is 158 Å². The number of imidazole rings is 1. The molecule has 1 N–H and O–H groups in total. The van der Waals surface area contributed by atoms with Crippen molar-refractivity contribution in [2.75, 3.05) is 46.4 Å². The van der Waals surface area contributed by atoms with Gasteiger partial charge in [0.2, 0.25) is 0 Å². The molecule has 2 amide bonds. The van der Waals surface area contributed by atoms with Gasteiger partial charge in [0.1, 0.15) is 0 Å². The van der Waals surface area contributed by atoms with Crippen molar-refractivity contribution in [3.05, 3.63) is 54.1 Å². The fraction of sp³-hybridized carbons (Fsp3) is 0.421. The van der Waals surface area contributed by atoms with Crippen LogP contribution in [0.15, 0.2) is 43.0 Å². The van der Waals surface area contributed by atoms with E-state index in [0.717, 1.165) is 31.7 Å². The van der Waals surface area contributed by atoms with E-state index in [1.165, 1.54) is 7.11 Å². The minimum absolute atomic E-state index is 0.0719. The van der Waals surface area contributed by atoms with Crippen molar-refractivity contribution >= 4 is 12.0 Å². The molecule has 3 rings (SSSR count). The molecule has 1 aliphatic rings. The minimum Gasteiger partial charge on any atom is -0.453 e. The lowest BCUT2D eigenvalue weighted by atomic mass is 10.1. The van der Waals surface area contributed by atoms with Crippen LogP contribution in [0.3, 0.4) is 0 Å². The van der Waals surface area contributed by atoms with E-state index in [-0.39, 0.29) is 12.0 Å². The van der Waals surface area contributed by atoms with Crippen LogP contribution in [-0.4, -0.2) is 77.7 Å². The lowest BCUT2D eigenvalue weighted by Crippen LogP contribution is -2.50. The van der Waals surface area contributed by atoms with Gasteiger partial charge in [-0.2, -0.15) is 0 Å². The molecule has 1 aromatic heterocycles. The average molecular weight is 371 g/mol. The molecular formula is C19H25N5O3. The molecule has 27 heavy (non-hydrogen) atoms. The summed E-state index contributed by atoms with van der Waals surface area (Å²) in [7, 11) is 1.40. The van der Waals surface area contributed by atoms with Gasteiger partial charge in [-0.15, -0.1) is 0 Å². The van der Waals surface area contributed by atoms with Gasteiger partial charge < -0.3 is 19.5 Å². The first kappa shape index (κ1) is 18.9. The van der Waals surface area contributed by atoms with Gasteiger partial charge in [0.25, 0.3) is 5.91 Å². The third kappa shape index (κ3) is 5.30. The molecule has 1 fully saturated rings.